The van der Waals surface area contributed by atoms with Crippen molar-refractivity contribution in [3.05, 3.63) is 52.9 Å². The summed E-state index contributed by atoms with van der Waals surface area (Å²) >= 11 is 0. The highest BCUT2D eigenvalue weighted by molar-refractivity contribution is 6.05. The monoisotopic (exact) mass is 253 g/mol. The van der Waals surface area contributed by atoms with Crippen LogP contribution in [0.1, 0.15) is 6.92 Å². The van der Waals surface area contributed by atoms with Crippen LogP contribution in [-0.4, -0.2) is 5.91 Å². The molecule has 0 saturated carbocycles. The number of anilines is 1. The Labute approximate surface area is 108 Å². The molecule has 1 aromatic heterocycles. The van der Waals surface area contributed by atoms with Crippen molar-refractivity contribution in [1.29, 1.82) is 0 Å². The summed E-state index contributed by atoms with van der Waals surface area (Å²) in [6, 6.07) is 12.6. The van der Waals surface area contributed by atoms with Crippen molar-refractivity contribution < 1.29 is 9.21 Å². The highest BCUT2D eigenvalue weighted by Gasteiger charge is 2.07. The minimum Gasteiger partial charge on any atom is -0.422 e. The van der Waals surface area contributed by atoms with E-state index >= 15 is 0 Å². The smallest absolute Gasteiger partial charge is 0.344 e. The summed E-state index contributed by atoms with van der Waals surface area (Å²) in [4.78, 5) is 23.0. The molecule has 4 heteroatoms. The molecule has 2 aromatic carbocycles. The zero-order valence-electron chi connectivity index (χ0n) is 10.3. The molecule has 0 unspecified atom stereocenters. The van der Waals surface area contributed by atoms with Gasteiger partial charge < -0.3 is 9.73 Å². The highest BCUT2D eigenvalue weighted by Crippen LogP contribution is 2.24. The highest BCUT2D eigenvalue weighted by atomic mass is 16.4. The fourth-order valence-electron chi connectivity index (χ4n) is 2.16. The first-order valence-electron chi connectivity index (χ1n) is 5.88. The van der Waals surface area contributed by atoms with Gasteiger partial charge in [-0.15, -0.1) is 0 Å². The van der Waals surface area contributed by atoms with E-state index in [0.717, 1.165) is 10.8 Å². The fourth-order valence-corrected chi connectivity index (χ4v) is 2.16. The van der Waals surface area contributed by atoms with Crippen molar-refractivity contribution in [2.45, 2.75) is 6.92 Å². The first-order valence-corrected chi connectivity index (χ1v) is 5.88. The Morgan fingerprint density at radius 3 is 2.63 bits per heavy atom. The van der Waals surface area contributed by atoms with Crippen LogP contribution in [-0.2, 0) is 4.79 Å². The van der Waals surface area contributed by atoms with Crippen molar-refractivity contribution >= 4 is 33.3 Å². The standard InChI is InChI=1S/C15H11NO3/c1-9(17)16-10-6-7-11-12-4-2-3-5-14(12)19-15(18)13(11)8-10/h2-8H,1H3,(H,16,17). The van der Waals surface area contributed by atoms with Gasteiger partial charge in [0.2, 0.25) is 5.91 Å². The van der Waals surface area contributed by atoms with E-state index in [0.29, 0.717) is 16.7 Å². The molecule has 0 radical (unpaired) electrons. The molecule has 3 aromatic rings. The Morgan fingerprint density at radius 2 is 1.84 bits per heavy atom. The van der Waals surface area contributed by atoms with Crippen LogP contribution in [0.15, 0.2) is 51.7 Å². The number of rotatable bonds is 1. The van der Waals surface area contributed by atoms with Crippen LogP contribution in [0.2, 0.25) is 0 Å². The third kappa shape index (κ3) is 1.97. The molecular weight excluding hydrogens is 242 g/mol. The second kappa shape index (κ2) is 4.24. The SMILES string of the molecule is CC(=O)Nc1ccc2c(c1)c(=O)oc1ccccc12. The van der Waals surface area contributed by atoms with Gasteiger partial charge in [-0.05, 0) is 18.2 Å². The lowest BCUT2D eigenvalue weighted by atomic mass is 10.1. The summed E-state index contributed by atoms with van der Waals surface area (Å²) in [6.07, 6.45) is 0. The first kappa shape index (κ1) is 11.5. The van der Waals surface area contributed by atoms with E-state index in [-0.39, 0.29) is 5.91 Å². The Kier molecular flexibility index (Phi) is 2.56. The molecule has 0 fully saturated rings. The maximum absolute atomic E-state index is 12.0. The largest absolute Gasteiger partial charge is 0.422 e. The van der Waals surface area contributed by atoms with E-state index in [1.807, 2.05) is 24.3 Å². The number of amides is 1. The Balaban J connectivity index is 2.35. The van der Waals surface area contributed by atoms with Crippen LogP contribution >= 0.6 is 0 Å². The third-order valence-corrected chi connectivity index (χ3v) is 2.94. The molecule has 1 amide bonds. The maximum atomic E-state index is 12.0. The molecule has 19 heavy (non-hydrogen) atoms. The molecule has 0 spiro atoms. The van der Waals surface area contributed by atoms with Gasteiger partial charge in [-0.3, -0.25) is 4.79 Å². The third-order valence-electron chi connectivity index (χ3n) is 2.94. The van der Waals surface area contributed by atoms with E-state index in [2.05, 4.69) is 5.32 Å². The van der Waals surface area contributed by atoms with E-state index in [9.17, 15) is 9.59 Å². The predicted octanol–water partition coefficient (Wildman–Crippen LogP) is 2.90. The zero-order chi connectivity index (χ0) is 13.4. The Bertz CT molecular complexity index is 849. The lowest BCUT2D eigenvalue weighted by Gasteiger charge is -2.05. The van der Waals surface area contributed by atoms with E-state index in [1.54, 1.807) is 18.2 Å². The first-order chi connectivity index (χ1) is 9.15. The quantitative estimate of drug-likeness (QED) is 0.536. The van der Waals surface area contributed by atoms with Crippen molar-refractivity contribution in [1.82, 2.24) is 0 Å². The van der Waals surface area contributed by atoms with Crippen molar-refractivity contribution in [3.8, 4) is 0 Å². The summed E-state index contributed by atoms with van der Waals surface area (Å²) in [6.45, 7) is 1.42. The van der Waals surface area contributed by atoms with Gasteiger partial charge in [0, 0.05) is 23.4 Å². The second-order valence-corrected chi connectivity index (χ2v) is 4.33. The molecule has 1 N–H and O–H groups in total. The van der Waals surface area contributed by atoms with Gasteiger partial charge in [0.15, 0.2) is 0 Å². The lowest BCUT2D eigenvalue weighted by molar-refractivity contribution is -0.114. The van der Waals surface area contributed by atoms with Gasteiger partial charge in [0.25, 0.3) is 0 Å². The average Bonchev–Trinajstić information content (AvgIpc) is 2.38. The maximum Gasteiger partial charge on any atom is 0.344 e. The molecule has 94 valence electrons. The number of fused-ring (bicyclic) bond motifs is 3. The number of hydrogen-bond donors (Lipinski definition) is 1. The van der Waals surface area contributed by atoms with E-state index in [4.69, 9.17) is 4.42 Å². The molecule has 0 aliphatic rings. The second-order valence-electron chi connectivity index (χ2n) is 4.33. The molecule has 3 rings (SSSR count). The van der Waals surface area contributed by atoms with Crippen LogP contribution in [0.3, 0.4) is 0 Å². The molecule has 1 heterocycles. The molecule has 0 bridgehead atoms. The number of benzene rings is 2. The minimum absolute atomic E-state index is 0.176. The Hall–Kier alpha value is -2.62. The molecule has 0 saturated heterocycles. The predicted molar refractivity (Wildman–Crippen MR) is 74.3 cm³/mol. The van der Waals surface area contributed by atoms with Gasteiger partial charge in [0.1, 0.15) is 5.58 Å². The van der Waals surface area contributed by atoms with E-state index < -0.39 is 5.63 Å². The molecule has 4 nitrogen and oxygen atoms in total. The minimum atomic E-state index is -0.402. The van der Waals surface area contributed by atoms with Crippen LogP contribution in [0.5, 0.6) is 0 Å². The van der Waals surface area contributed by atoms with Crippen LogP contribution in [0, 0.1) is 0 Å². The van der Waals surface area contributed by atoms with Gasteiger partial charge >= 0.3 is 5.63 Å². The zero-order valence-corrected chi connectivity index (χ0v) is 10.3. The van der Waals surface area contributed by atoms with Gasteiger partial charge in [0.05, 0.1) is 5.39 Å². The molecule has 0 atom stereocenters. The van der Waals surface area contributed by atoms with Crippen molar-refractivity contribution in [2.24, 2.45) is 0 Å². The van der Waals surface area contributed by atoms with Crippen molar-refractivity contribution in [2.75, 3.05) is 5.32 Å². The summed E-state index contributed by atoms with van der Waals surface area (Å²) in [5.74, 6) is -0.176. The van der Waals surface area contributed by atoms with Gasteiger partial charge in [-0.25, -0.2) is 4.79 Å². The lowest BCUT2D eigenvalue weighted by Crippen LogP contribution is -2.07. The molecular formula is C15H11NO3. The fraction of sp³-hybridized carbons (Fsp3) is 0.0667. The summed E-state index contributed by atoms with van der Waals surface area (Å²) in [5.41, 5.74) is 0.746. The van der Waals surface area contributed by atoms with Crippen LogP contribution in [0.4, 0.5) is 5.69 Å². The summed E-state index contributed by atoms with van der Waals surface area (Å²) < 4.78 is 5.27. The van der Waals surface area contributed by atoms with Gasteiger partial charge in [-0.1, -0.05) is 24.3 Å². The number of carbonyl (C=O) groups excluding carboxylic acids is 1. The number of hydrogen-bond acceptors (Lipinski definition) is 3. The number of para-hydroxylation sites is 1. The topological polar surface area (TPSA) is 59.3 Å². The average molecular weight is 253 g/mol. The van der Waals surface area contributed by atoms with E-state index in [1.165, 1.54) is 6.92 Å². The summed E-state index contributed by atoms with van der Waals surface area (Å²) in [5, 5.41) is 4.82. The van der Waals surface area contributed by atoms with Gasteiger partial charge in [-0.2, -0.15) is 0 Å². The number of nitrogens with one attached hydrogen (secondary N) is 1. The molecule has 0 aliphatic heterocycles. The normalized spacial score (nSPS) is 10.8. The van der Waals surface area contributed by atoms with Crippen LogP contribution in [0.25, 0.3) is 21.7 Å². The number of carbonyl (C=O) groups is 1. The van der Waals surface area contributed by atoms with Crippen molar-refractivity contribution in [3.63, 3.8) is 0 Å². The van der Waals surface area contributed by atoms with Crippen LogP contribution < -0.4 is 10.9 Å². The molecule has 0 aliphatic carbocycles. The summed E-state index contributed by atoms with van der Waals surface area (Å²) in [7, 11) is 0. The Morgan fingerprint density at radius 1 is 1.05 bits per heavy atom.